The second-order valence-corrected chi connectivity index (χ2v) is 5.21. The van der Waals surface area contributed by atoms with E-state index in [1.807, 2.05) is 18.7 Å². The topological polar surface area (TPSA) is 32.3 Å². The zero-order valence-electron chi connectivity index (χ0n) is 10.7. The SMILES string of the molecule is C#CC(C)(C)N1CCCC(NC(C)C)C1=O. The fraction of sp³-hybridized carbons (Fsp3) is 0.769. The van der Waals surface area contributed by atoms with Crippen LogP contribution in [0.4, 0.5) is 0 Å². The van der Waals surface area contributed by atoms with Gasteiger partial charge in [-0.1, -0.05) is 19.8 Å². The van der Waals surface area contributed by atoms with Crippen LogP contribution in [0.5, 0.6) is 0 Å². The Morgan fingerprint density at radius 1 is 1.56 bits per heavy atom. The number of nitrogens with zero attached hydrogens (tertiary/aromatic N) is 1. The molecule has 0 aromatic carbocycles. The van der Waals surface area contributed by atoms with E-state index in [0.29, 0.717) is 6.04 Å². The van der Waals surface area contributed by atoms with Crippen molar-refractivity contribution in [2.24, 2.45) is 0 Å². The zero-order valence-corrected chi connectivity index (χ0v) is 10.7. The number of hydrogen-bond donors (Lipinski definition) is 1. The van der Waals surface area contributed by atoms with Crippen LogP contribution in [0.2, 0.25) is 0 Å². The van der Waals surface area contributed by atoms with Gasteiger partial charge in [-0.25, -0.2) is 0 Å². The third-order valence-electron chi connectivity index (χ3n) is 3.00. The van der Waals surface area contributed by atoms with Gasteiger partial charge in [0.1, 0.15) is 0 Å². The number of carbonyl (C=O) groups excluding carboxylic acids is 1. The summed E-state index contributed by atoms with van der Waals surface area (Å²) in [6.45, 7) is 8.72. The van der Waals surface area contributed by atoms with Gasteiger partial charge in [-0.05, 0) is 26.7 Å². The molecular formula is C13H22N2O. The lowest BCUT2D eigenvalue weighted by atomic mass is 9.96. The number of piperidine rings is 1. The van der Waals surface area contributed by atoms with Crippen molar-refractivity contribution < 1.29 is 4.79 Å². The maximum absolute atomic E-state index is 12.2. The van der Waals surface area contributed by atoms with Gasteiger partial charge in [0.15, 0.2) is 0 Å². The normalized spacial score (nSPS) is 22.4. The van der Waals surface area contributed by atoms with Crippen LogP contribution in [0.15, 0.2) is 0 Å². The maximum Gasteiger partial charge on any atom is 0.240 e. The molecule has 3 heteroatoms. The van der Waals surface area contributed by atoms with E-state index >= 15 is 0 Å². The van der Waals surface area contributed by atoms with Crippen LogP contribution >= 0.6 is 0 Å². The fourth-order valence-electron chi connectivity index (χ4n) is 2.07. The Hall–Kier alpha value is -1.01. The second kappa shape index (κ2) is 4.88. The number of hydrogen-bond acceptors (Lipinski definition) is 2. The molecule has 1 heterocycles. The van der Waals surface area contributed by atoms with Gasteiger partial charge in [-0.3, -0.25) is 4.79 Å². The van der Waals surface area contributed by atoms with Crippen LogP contribution in [-0.4, -0.2) is 35.0 Å². The highest BCUT2D eigenvalue weighted by molar-refractivity contribution is 5.83. The predicted octanol–water partition coefficient (Wildman–Crippen LogP) is 1.39. The molecule has 0 aliphatic carbocycles. The van der Waals surface area contributed by atoms with Gasteiger partial charge in [0.25, 0.3) is 0 Å². The number of carbonyl (C=O) groups is 1. The number of rotatable bonds is 3. The summed E-state index contributed by atoms with van der Waals surface area (Å²) in [5.41, 5.74) is -0.478. The van der Waals surface area contributed by atoms with Crippen LogP contribution in [0.25, 0.3) is 0 Å². The molecule has 0 saturated carbocycles. The van der Waals surface area contributed by atoms with E-state index < -0.39 is 5.54 Å². The van der Waals surface area contributed by atoms with E-state index in [9.17, 15) is 4.79 Å². The summed E-state index contributed by atoms with van der Waals surface area (Å²) in [5.74, 6) is 2.83. The van der Waals surface area contributed by atoms with Gasteiger partial charge >= 0.3 is 0 Å². The highest BCUT2D eigenvalue weighted by atomic mass is 16.2. The van der Waals surface area contributed by atoms with E-state index in [2.05, 4.69) is 25.1 Å². The van der Waals surface area contributed by atoms with Crippen molar-refractivity contribution in [3.8, 4) is 12.3 Å². The average Bonchev–Trinajstić information content (AvgIpc) is 2.20. The van der Waals surface area contributed by atoms with Crippen LogP contribution < -0.4 is 5.32 Å². The number of terminal acetylenes is 1. The molecule has 90 valence electrons. The summed E-state index contributed by atoms with van der Waals surface area (Å²) in [7, 11) is 0. The Balaban J connectivity index is 2.76. The predicted molar refractivity (Wildman–Crippen MR) is 65.9 cm³/mol. The van der Waals surface area contributed by atoms with Gasteiger partial charge < -0.3 is 10.2 Å². The maximum atomic E-state index is 12.2. The first kappa shape index (κ1) is 13.1. The van der Waals surface area contributed by atoms with Crippen molar-refractivity contribution in [2.75, 3.05) is 6.54 Å². The average molecular weight is 222 g/mol. The Morgan fingerprint density at radius 2 is 2.19 bits per heavy atom. The number of nitrogens with one attached hydrogen (secondary N) is 1. The van der Waals surface area contributed by atoms with Crippen molar-refractivity contribution in [3.63, 3.8) is 0 Å². The molecule has 3 nitrogen and oxygen atoms in total. The third kappa shape index (κ3) is 2.76. The van der Waals surface area contributed by atoms with Crippen molar-refractivity contribution in [2.45, 2.75) is 58.2 Å². The summed E-state index contributed by atoms with van der Waals surface area (Å²) >= 11 is 0. The molecule has 0 spiro atoms. The molecule has 1 atom stereocenters. The lowest BCUT2D eigenvalue weighted by Crippen LogP contribution is -2.58. The van der Waals surface area contributed by atoms with E-state index in [4.69, 9.17) is 6.42 Å². The first-order valence-corrected chi connectivity index (χ1v) is 5.94. The first-order chi connectivity index (χ1) is 7.38. The van der Waals surface area contributed by atoms with Gasteiger partial charge in [-0.15, -0.1) is 6.42 Å². The molecule has 1 fully saturated rings. The molecule has 0 aromatic rings. The highest BCUT2D eigenvalue weighted by Crippen LogP contribution is 2.21. The molecule has 1 rings (SSSR count). The minimum atomic E-state index is -0.478. The molecule has 16 heavy (non-hydrogen) atoms. The Morgan fingerprint density at radius 3 is 2.69 bits per heavy atom. The van der Waals surface area contributed by atoms with Gasteiger partial charge in [0, 0.05) is 12.6 Å². The molecule has 0 bridgehead atoms. The third-order valence-corrected chi connectivity index (χ3v) is 3.00. The van der Waals surface area contributed by atoms with Gasteiger partial charge in [0.05, 0.1) is 11.6 Å². The van der Waals surface area contributed by atoms with Crippen molar-refractivity contribution in [3.05, 3.63) is 0 Å². The van der Waals surface area contributed by atoms with E-state index in [0.717, 1.165) is 19.4 Å². The van der Waals surface area contributed by atoms with Crippen LogP contribution in [0.1, 0.15) is 40.5 Å². The summed E-state index contributed by atoms with van der Waals surface area (Å²) < 4.78 is 0. The summed E-state index contributed by atoms with van der Waals surface area (Å²) in [5, 5.41) is 3.30. The summed E-state index contributed by atoms with van der Waals surface area (Å²) in [6.07, 6.45) is 7.41. The quantitative estimate of drug-likeness (QED) is 0.732. The van der Waals surface area contributed by atoms with E-state index in [1.165, 1.54) is 0 Å². The first-order valence-electron chi connectivity index (χ1n) is 5.94. The zero-order chi connectivity index (χ0) is 12.3. The van der Waals surface area contributed by atoms with Crippen LogP contribution in [-0.2, 0) is 4.79 Å². The lowest BCUT2D eigenvalue weighted by molar-refractivity contribution is -0.140. The minimum absolute atomic E-state index is 0.0682. The molecule has 1 aliphatic rings. The molecule has 1 saturated heterocycles. The smallest absolute Gasteiger partial charge is 0.240 e. The van der Waals surface area contributed by atoms with Crippen molar-refractivity contribution in [1.29, 1.82) is 0 Å². The minimum Gasteiger partial charge on any atom is -0.325 e. The van der Waals surface area contributed by atoms with Gasteiger partial charge in [-0.2, -0.15) is 0 Å². The summed E-state index contributed by atoms with van der Waals surface area (Å²) in [6, 6.07) is 0.254. The van der Waals surface area contributed by atoms with Crippen molar-refractivity contribution >= 4 is 5.91 Å². The molecule has 1 unspecified atom stereocenters. The van der Waals surface area contributed by atoms with Gasteiger partial charge in [0.2, 0.25) is 5.91 Å². The lowest BCUT2D eigenvalue weighted by Gasteiger charge is -2.41. The number of amides is 1. The molecule has 0 radical (unpaired) electrons. The molecular weight excluding hydrogens is 200 g/mol. The van der Waals surface area contributed by atoms with Crippen molar-refractivity contribution in [1.82, 2.24) is 10.2 Å². The second-order valence-electron chi connectivity index (χ2n) is 5.21. The standard InChI is InChI=1S/C13H22N2O/c1-6-13(4,5)15-9-7-8-11(12(15)16)14-10(2)3/h1,10-11,14H,7-9H2,2-5H3. The Kier molecular flexibility index (Phi) is 3.98. The largest absolute Gasteiger partial charge is 0.325 e. The monoisotopic (exact) mass is 222 g/mol. The Labute approximate surface area is 98.6 Å². The van der Waals surface area contributed by atoms with Crippen LogP contribution in [0.3, 0.4) is 0 Å². The number of likely N-dealkylation sites (tertiary alicyclic amines) is 1. The fourth-order valence-corrected chi connectivity index (χ4v) is 2.07. The molecule has 0 aromatic heterocycles. The van der Waals surface area contributed by atoms with E-state index in [1.54, 1.807) is 0 Å². The van der Waals surface area contributed by atoms with E-state index in [-0.39, 0.29) is 11.9 Å². The molecule has 1 N–H and O–H groups in total. The highest BCUT2D eigenvalue weighted by Gasteiger charge is 2.36. The molecule has 1 aliphatic heterocycles. The summed E-state index contributed by atoms with van der Waals surface area (Å²) in [4.78, 5) is 14.1. The molecule has 1 amide bonds. The Bertz CT molecular complexity index is 302. The van der Waals surface area contributed by atoms with Crippen LogP contribution in [0, 0.1) is 12.3 Å².